The lowest BCUT2D eigenvalue weighted by atomic mass is 9.78. The van der Waals surface area contributed by atoms with Gasteiger partial charge in [-0.25, -0.2) is 9.78 Å². The van der Waals surface area contributed by atoms with Crippen LogP contribution in [0.4, 0.5) is 5.69 Å². The predicted molar refractivity (Wildman–Crippen MR) is 169 cm³/mol. The number of nitrogens with one attached hydrogen (secondary N) is 2. The van der Waals surface area contributed by atoms with Gasteiger partial charge in [-0.3, -0.25) is 9.59 Å². The lowest BCUT2D eigenvalue weighted by molar-refractivity contribution is -0.131. The normalized spacial score (nSPS) is 20.2. The summed E-state index contributed by atoms with van der Waals surface area (Å²) in [5.74, 6) is 0.224. The van der Waals surface area contributed by atoms with Crippen molar-refractivity contribution in [3.8, 4) is 11.4 Å². The second kappa shape index (κ2) is 12.1. The topological polar surface area (TPSA) is 126 Å². The van der Waals surface area contributed by atoms with Gasteiger partial charge < -0.3 is 24.7 Å². The minimum absolute atomic E-state index is 0.259. The third kappa shape index (κ3) is 5.78. The number of anilines is 1. The van der Waals surface area contributed by atoms with Gasteiger partial charge in [0.25, 0.3) is 5.91 Å². The standard InChI is InChI=1S/C35H38N4O5/c1-22-6-5-7-23(2)31(22)39-29-14-11-25(20-28(29)37-32(39)26-16-19-44-21-26)33(42)38-35(17-3-4-18-35)34(43)36-27-12-8-24(9-13-27)10-15-30(40)41/h8-16,19-23,31H,3-7,17-18H2,1-2H3,(H,36,43)(H,38,42)(H,40,41)/b15-10+/t22-,23-/m0/s1. The molecule has 2 fully saturated rings. The number of hydrogen-bond donors (Lipinski definition) is 3. The third-order valence-corrected chi connectivity index (χ3v) is 9.35. The highest BCUT2D eigenvalue weighted by atomic mass is 16.4. The Kier molecular flexibility index (Phi) is 8.12. The largest absolute Gasteiger partial charge is 0.478 e. The number of imidazole rings is 1. The molecule has 0 unspecified atom stereocenters. The lowest BCUT2D eigenvalue weighted by Crippen LogP contribution is -2.55. The molecule has 6 rings (SSSR count). The van der Waals surface area contributed by atoms with E-state index in [9.17, 15) is 14.4 Å². The second-order valence-corrected chi connectivity index (χ2v) is 12.4. The van der Waals surface area contributed by atoms with Crippen LogP contribution < -0.4 is 10.6 Å². The van der Waals surface area contributed by atoms with Crippen LogP contribution in [0.15, 0.2) is 71.6 Å². The van der Waals surface area contributed by atoms with Crippen LogP contribution >= 0.6 is 0 Å². The number of furan rings is 1. The van der Waals surface area contributed by atoms with Crippen LogP contribution in [-0.2, 0) is 9.59 Å². The molecule has 228 valence electrons. The number of aromatic nitrogens is 2. The zero-order valence-corrected chi connectivity index (χ0v) is 25.1. The molecule has 2 heterocycles. The van der Waals surface area contributed by atoms with Crippen LogP contribution in [0.25, 0.3) is 28.5 Å². The zero-order valence-electron chi connectivity index (χ0n) is 25.1. The van der Waals surface area contributed by atoms with Crippen molar-refractivity contribution < 1.29 is 23.9 Å². The first-order chi connectivity index (χ1) is 21.2. The highest BCUT2D eigenvalue weighted by molar-refractivity contribution is 6.05. The summed E-state index contributed by atoms with van der Waals surface area (Å²) in [7, 11) is 0. The molecule has 2 aliphatic rings. The number of carboxylic acid groups (broad SMARTS) is 1. The number of rotatable bonds is 8. The molecule has 0 spiro atoms. The van der Waals surface area contributed by atoms with Crippen molar-refractivity contribution in [2.45, 2.75) is 70.4 Å². The molecule has 3 N–H and O–H groups in total. The quantitative estimate of drug-likeness (QED) is 0.187. The van der Waals surface area contributed by atoms with Gasteiger partial charge in [-0.05, 0) is 85.6 Å². The Hall–Kier alpha value is -4.66. The van der Waals surface area contributed by atoms with Crippen molar-refractivity contribution in [1.82, 2.24) is 14.9 Å². The SMILES string of the molecule is C[C@H]1CCC[C@H](C)C1n1c(-c2ccoc2)nc2cc(C(=O)NC3(C(=O)Nc4ccc(/C=C/C(=O)O)cc4)CCCC3)ccc21. The van der Waals surface area contributed by atoms with Gasteiger partial charge in [0.05, 0.1) is 22.9 Å². The molecule has 0 bridgehead atoms. The van der Waals surface area contributed by atoms with E-state index in [2.05, 4.69) is 29.0 Å². The van der Waals surface area contributed by atoms with E-state index >= 15 is 0 Å². The Morgan fingerprint density at radius 1 is 1.00 bits per heavy atom. The molecule has 9 heteroatoms. The smallest absolute Gasteiger partial charge is 0.328 e. The first-order valence-electron chi connectivity index (χ1n) is 15.4. The third-order valence-electron chi connectivity index (χ3n) is 9.35. The summed E-state index contributed by atoms with van der Waals surface area (Å²) in [6.07, 6.45) is 12.2. The molecule has 2 aromatic carbocycles. The van der Waals surface area contributed by atoms with Crippen LogP contribution in [0.2, 0.25) is 0 Å². The van der Waals surface area contributed by atoms with Crippen LogP contribution in [0, 0.1) is 11.8 Å². The molecule has 2 saturated carbocycles. The Morgan fingerprint density at radius 3 is 2.39 bits per heavy atom. The Bertz CT molecular complexity index is 1690. The summed E-state index contributed by atoms with van der Waals surface area (Å²) in [5.41, 5.74) is 3.34. The van der Waals surface area contributed by atoms with E-state index < -0.39 is 11.5 Å². The van der Waals surface area contributed by atoms with E-state index in [4.69, 9.17) is 14.5 Å². The lowest BCUT2D eigenvalue weighted by Gasteiger charge is -2.36. The monoisotopic (exact) mass is 594 g/mol. The average Bonchev–Trinajstić information content (AvgIpc) is 3.78. The summed E-state index contributed by atoms with van der Waals surface area (Å²) in [4.78, 5) is 43.1. The molecule has 0 aliphatic heterocycles. The van der Waals surface area contributed by atoms with Gasteiger partial charge in [0.2, 0.25) is 5.91 Å². The molecule has 9 nitrogen and oxygen atoms in total. The number of fused-ring (bicyclic) bond motifs is 1. The Morgan fingerprint density at radius 2 is 1.73 bits per heavy atom. The number of aliphatic carboxylic acids is 1. The van der Waals surface area contributed by atoms with E-state index in [0.29, 0.717) is 41.5 Å². The molecule has 2 atom stereocenters. The van der Waals surface area contributed by atoms with Gasteiger partial charge in [-0.2, -0.15) is 0 Å². The second-order valence-electron chi connectivity index (χ2n) is 12.4. The Balaban J connectivity index is 1.26. The fourth-order valence-corrected chi connectivity index (χ4v) is 7.08. The highest BCUT2D eigenvalue weighted by Crippen LogP contribution is 2.42. The molecule has 44 heavy (non-hydrogen) atoms. The summed E-state index contributed by atoms with van der Waals surface area (Å²) in [5, 5.41) is 14.9. The molecule has 4 aromatic rings. The molecular weight excluding hydrogens is 556 g/mol. The van der Waals surface area contributed by atoms with Crippen LogP contribution in [0.5, 0.6) is 0 Å². The van der Waals surface area contributed by atoms with Crippen molar-refractivity contribution >= 4 is 40.6 Å². The number of carbonyl (C=O) groups is 3. The van der Waals surface area contributed by atoms with Crippen molar-refractivity contribution in [3.63, 3.8) is 0 Å². The first-order valence-corrected chi connectivity index (χ1v) is 15.4. The van der Waals surface area contributed by atoms with Crippen molar-refractivity contribution in [1.29, 1.82) is 0 Å². The summed E-state index contributed by atoms with van der Waals surface area (Å²) < 4.78 is 7.76. The van der Waals surface area contributed by atoms with Crippen molar-refractivity contribution in [2.75, 3.05) is 5.32 Å². The summed E-state index contributed by atoms with van der Waals surface area (Å²) in [6, 6.07) is 14.8. The summed E-state index contributed by atoms with van der Waals surface area (Å²) >= 11 is 0. The number of nitrogens with zero attached hydrogens (tertiary/aromatic N) is 2. The van der Waals surface area contributed by atoms with Gasteiger partial charge in [-0.1, -0.05) is 45.2 Å². The van der Waals surface area contributed by atoms with Gasteiger partial charge in [0.1, 0.15) is 17.6 Å². The predicted octanol–water partition coefficient (Wildman–Crippen LogP) is 7.07. The number of amides is 2. The fourth-order valence-electron chi connectivity index (χ4n) is 7.08. The minimum atomic E-state index is -1.03. The van der Waals surface area contributed by atoms with Crippen LogP contribution in [0.3, 0.4) is 0 Å². The van der Waals surface area contributed by atoms with Gasteiger partial charge in [0, 0.05) is 23.4 Å². The van der Waals surface area contributed by atoms with Crippen LogP contribution in [-0.4, -0.2) is 38.0 Å². The summed E-state index contributed by atoms with van der Waals surface area (Å²) in [6.45, 7) is 4.62. The van der Waals surface area contributed by atoms with Gasteiger partial charge in [-0.15, -0.1) is 0 Å². The number of carboxylic acids is 1. The van der Waals surface area contributed by atoms with Gasteiger partial charge in [0.15, 0.2) is 0 Å². The molecular formula is C35H38N4O5. The number of hydrogen-bond acceptors (Lipinski definition) is 5. The van der Waals surface area contributed by atoms with E-state index in [1.54, 1.807) is 36.8 Å². The maximum atomic E-state index is 13.7. The van der Waals surface area contributed by atoms with E-state index in [1.165, 1.54) is 12.5 Å². The zero-order chi connectivity index (χ0) is 30.8. The molecule has 2 aromatic heterocycles. The fraction of sp³-hybridized carbons (Fsp3) is 0.371. The van der Waals surface area contributed by atoms with E-state index in [0.717, 1.165) is 54.2 Å². The maximum Gasteiger partial charge on any atom is 0.328 e. The van der Waals surface area contributed by atoms with Gasteiger partial charge >= 0.3 is 5.97 Å². The first kappa shape index (κ1) is 29.4. The minimum Gasteiger partial charge on any atom is -0.478 e. The average molecular weight is 595 g/mol. The molecule has 0 saturated heterocycles. The van der Waals surface area contributed by atoms with Crippen molar-refractivity contribution in [3.05, 3.63) is 78.3 Å². The number of carbonyl (C=O) groups excluding carboxylic acids is 2. The Labute approximate surface area is 256 Å². The van der Waals surface area contributed by atoms with E-state index in [-0.39, 0.29) is 17.9 Å². The molecule has 2 aliphatic carbocycles. The molecule has 0 radical (unpaired) electrons. The maximum absolute atomic E-state index is 13.7. The van der Waals surface area contributed by atoms with E-state index in [1.807, 2.05) is 24.3 Å². The highest BCUT2D eigenvalue weighted by Gasteiger charge is 2.43. The number of benzene rings is 2. The van der Waals surface area contributed by atoms with Crippen LogP contribution in [0.1, 0.15) is 80.8 Å². The van der Waals surface area contributed by atoms with Crippen molar-refractivity contribution in [2.24, 2.45) is 11.8 Å². The molecule has 2 amide bonds.